The van der Waals surface area contributed by atoms with Gasteiger partial charge in [0.2, 0.25) is 0 Å². The molecule has 1 aliphatic carbocycles. The van der Waals surface area contributed by atoms with Gasteiger partial charge in [-0.2, -0.15) is 0 Å². The van der Waals surface area contributed by atoms with Crippen LogP contribution in [-0.4, -0.2) is 17.6 Å². The predicted octanol–water partition coefficient (Wildman–Crippen LogP) is 2.73. The molecule has 108 valence electrons. The first kappa shape index (κ1) is 12.4. The molecule has 2 aliphatic rings. The van der Waals surface area contributed by atoms with Crippen molar-refractivity contribution in [2.75, 3.05) is 17.2 Å². The van der Waals surface area contributed by atoms with Crippen molar-refractivity contribution in [2.24, 2.45) is 0 Å². The third-order valence-electron chi connectivity index (χ3n) is 4.26. The molecule has 0 spiro atoms. The number of carbonyl (C=O) groups is 1. The molecule has 0 unspecified atom stereocenters. The summed E-state index contributed by atoms with van der Waals surface area (Å²) in [6.07, 6.45) is 4.09. The van der Waals surface area contributed by atoms with Crippen LogP contribution < -0.4 is 10.6 Å². The van der Waals surface area contributed by atoms with E-state index in [0.717, 1.165) is 48.4 Å². The molecule has 1 saturated carbocycles. The van der Waals surface area contributed by atoms with Crippen molar-refractivity contribution < 1.29 is 9.32 Å². The summed E-state index contributed by atoms with van der Waals surface area (Å²) in [5.41, 5.74) is 9.13. The van der Waals surface area contributed by atoms with Gasteiger partial charge in [-0.3, -0.25) is 4.79 Å². The molecule has 5 heteroatoms. The van der Waals surface area contributed by atoms with Crippen LogP contribution in [0.4, 0.5) is 11.4 Å². The monoisotopic (exact) mass is 283 g/mol. The van der Waals surface area contributed by atoms with Crippen LogP contribution in [0.2, 0.25) is 0 Å². The van der Waals surface area contributed by atoms with Crippen LogP contribution in [0, 0.1) is 0 Å². The molecule has 1 aromatic carbocycles. The smallest absolute Gasteiger partial charge is 0.280 e. The van der Waals surface area contributed by atoms with E-state index in [0.29, 0.717) is 18.2 Å². The van der Waals surface area contributed by atoms with E-state index >= 15 is 0 Å². The lowest BCUT2D eigenvalue weighted by Crippen LogP contribution is -2.35. The first-order valence-corrected chi connectivity index (χ1v) is 7.40. The van der Waals surface area contributed by atoms with Gasteiger partial charge in [0.1, 0.15) is 5.76 Å². The van der Waals surface area contributed by atoms with Crippen molar-refractivity contribution in [2.45, 2.75) is 31.6 Å². The number of nitrogens with two attached hydrogens (primary N) is 1. The lowest BCUT2D eigenvalue weighted by atomic mass is 9.99. The molecular weight excluding hydrogens is 266 g/mol. The highest BCUT2D eigenvalue weighted by atomic mass is 16.5. The van der Waals surface area contributed by atoms with Gasteiger partial charge in [-0.05, 0) is 43.4 Å². The lowest BCUT2D eigenvalue weighted by Gasteiger charge is -2.29. The van der Waals surface area contributed by atoms with E-state index in [-0.39, 0.29) is 5.91 Å². The minimum absolute atomic E-state index is 0.0998. The third kappa shape index (κ3) is 2.09. The molecule has 0 atom stereocenters. The summed E-state index contributed by atoms with van der Waals surface area (Å²) in [5, 5.41) is 3.95. The Bertz CT molecular complexity index is 703. The maximum atomic E-state index is 12.7. The summed E-state index contributed by atoms with van der Waals surface area (Å²) in [7, 11) is 0. The Morgan fingerprint density at radius 1 is 1.38 bits per heavy atom. The van der Waals surface area contributed by atoms with Crippen molar-refractivity contribution in [3.05, 3.63) is 41.3 Å². The van der Waals surface area contributed by atoms with Gasteiger partial charge < -0.3 is 15.2 Å². The highest BCUT2D eigenvalue weighted by molar-refractivity contribution is 6.05. The zero-order chi connectivity index (χ0) is 14.4. The molecule has 0 saturated heterocycles. The molecule has 5 nitrogen and oxygen atoms in total. The number of carbonyl (C=O) groups excluding carboxylic acids is 1. The first-order valence-electron chi connectivity index (χ1n) is 7.40. The highest BCUT2D eigenvalue weighted by Gasteiger charge is 2.31. The van der Waals surface area contributed by atoms with Gasteiger partial charge in [0.15, 0.2) is 5.69 Å². The second-order valence-corrected chi connectivity index (χ2v) is 5.79. The van der Waals surface area contributed by atoms with Crippen LogP contribution in [0.1, 0.15) is 47.0 Å². The fourth-order valence-corrected chi connectivity index (χ4v) is 2.95. The summed E-state index contributed by atoms with van der Waals surface area (Å²) in [5.74, 6) is 1.20. The molecule has 1 aliphatic heterocycles. The summed E-state index contributed by atoms with van der Waals surface area (Å²) in [4.78, 5) is 14.5. The molecule has 0 bridgehead atoms. The first-order chi connectivity index (χ1) is 10.2. The number of aromatic nitrogens is 1. The Hall–Kier alpha value is -2.30. The van der Waals surface area contributed by atoms with E-state index in [9.17, 15) is 4.79 Å². The number of rotatable bonds is 2. The number of anilines is 2. The summed E-state index contributed by atoms with van der Waals surface area (Å²) >= 11 is 0. The van der Waals surface area contributed by atoms with Crippen LogP contribution in [0.3, 0.4) is 0 Å². The quantitative estimate of drug-likeness (QED) is 0.860. The van der Waals surface area contributed by atoms with E-state index in [1.807, 2.05) is 18.2 Å². The second-order valence-electron chi connectivity index (χ2n) is 5.79. The number of nitrogens with zero attached hydrogens (tertiary/aromatic N) is 2. The Morgan fingerprint density at radius 3 is 3.05 bits per heavy atom. The van der Waals surface area contributed by atoms with Gasteiger partial charge in [-0.25, -0.2) is 0 Å². The van der Waals surface area contributed by atoms with Gasteiger partial charge in [0, 0.05) is 29.9 Å². The van der Waals surface area contributed by atoms with Gasteiger partial charge in [0.25, 0.3) is 5.91 Å². The fourth-order valence-electron chi connectivity index (χ4n) is 2.95. The zero-order valence-corrected chi connectivity index (χ0v) is 11.7. The van der Waals surface area contributed by atoms with Gasteiger partial charge >= 0.3 is 0 Å². The molecule has 2 N–H and O–H groups in total. The normalized spacial score (nSPS) is 17.6. The SMILES string of the molecule is Nc1cccc2c1CCCN2C(=O)c1cc(C2CC2)on1. The predicted molar refractivity (Wildman–Crippen MR) is 79.3 cm³/mol. The number of nitrogen functional groups attached to an aromatic ring is 1. The summed E-state index contributed by atoms with van der Waals surface area (Å²) < 4.78 is 5.29. The van der Waals surface area contributed by atoms with Gasteiger partial charge in [-0.15, -0.1) is 0 Å². The Balaban J connectivity index is 1.67. The van der Waals surface area contributed by atoms with E-state index in [1.54, 1.807) is 11.0 Å². The lowest BCUT2D eigenvalue weighted by molar-refractivity contribution is 0.0976. The van der Waals surface area contributed by atoms with Crippen LogP contribution in [0.5, 0.6) is 0 Å². The van der Waals surface area contributed by atoms with Crippen molar-refractivity contribution in [1.82, 2.24) is 5.16 Å². The number of fused-ring (bicyclic) bond motifs is 1. The second kappa shape index (κ2) is 4.62. The van der Waals surface area contributed by atoms with Crippen molar-refractivity contribution in [3.63, 3.8) is 0 Å². The number of amides is 1. The van der Waals surface area contributed by atoms with E-state index < -0.39 is 0 Å². The summed E-state index contributed by atoms with van der Waals surface area (Å²) in [6.45, 7) is 0.695. The Labute approximate surface area is 122 Å². The van der Waals surface area contributed by atoms with Crippen molar-refractivity contribution in [1.29, 1.82) is 0 Å². The molecule has 1 fully saturated rings. The zero-order valence-electron chi connectivity index (χ0n) is 11.7. The Kier molecular flexibility index (Phi) is 2.74. The summed E-state index contributed by atoms with van der Waals surface area (Å²) in [6, 6.07) is 7.51. The molecule has 0 radical (unpaired) electrons. The molecule has 2 aromatic rings. The molecule has 1 amide bonds. The number of hydrogen-bond donors (Lipinski definition) is 1. The Morgan fingerprint density at radius 2 is 2.24 bits per heavy atom. The highest BCUT2D eigenvalue weighted by Crippen LogP contribution is 2.40. The van der Waals surface area contributed by atoms with Crippen molar-refractivity contribution in [3.8, 4) is 0 Å². The van der Waals surface area contributed by atoms with Crippen LogP contribution in [0.25, 0.3) is 0 Å². The molecular formula is C16H17N3O2. The molecule has 2 heterocycles. The van der Waals surface area contributed by atoms with Gasteiger partial charge in [0.05, 0.1) is 0 Å². The van der Waals surface area contributed by atoms with Crippen LogP contribution in [0.15, 0.2) is 28.8 Å². The molecule has 1 aromatic heterocycles. The van der Waals surface area contributed by atoms with Crippen molar-refractivity contribution >= 4 is 17.3 Å². The molecule has 4 rings (SSSR count). The minimum atomic E-state index is -0.0998. The number of benzene rings is 1. The minimum Gasteiger partial charge on any atom is -0.398 e. The van der Waals surface area contributed by atoms with E-state index in [1.165, 1.54) is 0 Å². The maximum Gasteiger partial charge on any atom is 0.280 e. The van der Waals surface area contributed by atoms with E-state index in [2.05, 4.69) is 5.16 Å². The average Bonchev–Trinajstić information content (AvgIpc) is 3.24. The largest absolute Gasteiger partial charge is 0.398 e. The number of hydrogen-bond acceptors (Lipinski definition) is 4. The topological polar surface area (TPSA) is 72.4 Å². The maximum absolute atomic E-state index is 12.7. The average molecular weight is 283 g/mol. The fraction of sp³-hybridized carbons (Fsp3) is 0.375. The standard InChI is InChI=1S/C16H17N3O2/c17-12-4-1-5-14-11(12)3-2-8-19(14)16(20)13-9-15(21-18-13)10-6-7-10/h1,4-5,9-10H,2-3,6-8,17H2. The third-order valence-corrected chi connectivity index (χ3v) is 4.26. The molecule has 21 heavy (non-hydrogen) atoms. The van der Waals surface area contributed by atoms with Gasteiger partial charge in [-0.1, -0.05) is 11.2 Å². The van der Waals surface area contributed by atoms with E-state index in [4.69, 9.17) is 10.3 Å². The van der Waals surface area contributed by atoms with Crippen LogP contribution >= 0.6 is 0 Å². The van der Waals surface area contributed by atoms with Crippen LogP contribution in [-0.2, 0) is 6.42 Å².